The fourth-order valence-electron chi connectivity index (χ4n) is 1.66. The Morgan fingerprint density at radius 1 is 1.56 bits per heavy atom. The summed E-state index contributed by atoms with van der Waals surface area (Å²) in [6.07, 6.45) is 5.50. The van der Waals surface area contributed by atoms with Gasteiger partial charge in [0.2, 0.25) is 0 Å². The first-order valence-corrected chi connectivity index (χ1v) is 3.99. The molecule has 2 aliphatic rings. The molecule has 1 heteroatoms. The van der Waals surface area contributed by atoms with Crippen LogP contribution < -0.4 is 5.73 Å². The average molecular weight is 125 g/mol. The monoisotopic (exact) mass is 125 g/mol. The quantitative estimate of drug-likeness (QED) is 0.595. The van der Waals surface area contributed by atoms with Crippen molar-refractivity contribution in [2.45, 2.75) is 38.1 Å². The van der Waals surface area contributed by atoms with Crippen LogP contribution in [0, 0.1) is 11.8 Å². The second kappa shape index (κ2) is 1.51. The van der Waals surface area contributed by atoms with Crippen LogP contribution in [-0.4, -0.2) is 5.54 Å². The number of hydrogen-bond acceptors (Lipinski definition) is 1. The predicted octanol–water partition coefficient (Wildman–Crippen LogP) is 1.52. The Balaban J connectivity index is 1.84. The summed E-state index contributed by atoms with van der Waals surface area (Å²) >= 11 is 0. The molecule has 0 aromatic carbocycles. The molecule has 9 heavy (non-hydrogen) atoms. The molecule has 2 fully saturated rings. The molecule has 52 valence electrons. The molecule has 1 unspecified atom stereocenters. The third-order valence-electron chi connectivity index (χ3n) is 2.87. The minimum Gasteiger partial charge on any atom is -0.325 e. The van der Waals surface area contributed by atoms with Gasteiger partial charge in [0.05, 0.1) is 0 Å². The Morgan fingerprint density at radius 2 is 2.11 bits per heavy atom. The average Bonchev–Trinajstić information content (AvgIpc) is 2.56. The highest BCUT2D eigenvalue weighted by atomic mass is 14.9. The topological polar surface area (TPSA) is 26.0 Å². The van der Waals surface area contributed by atoms with Gasteiger partial charge in [-0.25, -0.2) is 0 Å². The molecule has 0 saturated heterocycles. The van der Waals surface area contributed by atoms with Gasteiger partial charge in [0, 0.05) is 5.54 Å². The van der Waals surface area contributed by atoms with Crippen molar-refractivity contribution in [3.8, 4) is 0 Å². The van der Waals surface area contributed by atoms with Crippen LogP contribution in [0.15, 0.2) is 0 Å². The second-order valence-electron chi connectivity index (χ2n) is 3.99. The van der Waals surface area contributed by atoms with Crippen LogP contribution in [0.3, 0.4) is 0 Å². The summed E-state index contributed by atoms with van der Waals surface area (Å²) in [6.45, 7) is 2.27. The first kappa shape index (κ1) is 5.72. The van der Waals surface area contributed by atoms with E-state index >= 15 is 0 Å². The molecule has 2 N–H and O–H groups in total. The van der Waals surface area contributed by atoms with E-state index in [2.05, 4.69) is 6.92 Å². The molecular formula is C8H15N. The van der Waals surface area contributed by atoms with Crippen molar-refractivity contribution < 1.29 is 0 Å². The van der Waals surface area contributed by atoms with Crippen LogP contribution in [0.5, 0.6) is 0 Å². The molecule has 0 aliphatic heterocycles. The highest BCUT2D eigenvalue weighted by Gasteiger charge is 2.49. The summed E-state index contributed by atoms with van der Waals surface area (Å²) in [6, 6.07) is 0. The summed E-state index contributed by atoms with van der Waals surface area (Å²) in [4.78, 5) is 0. The highest BCUT2D eigenvalue weighted by Crippen LogP contribution is 2.49. The van der Waals surface area contributed by atoms with Crippen molar-refractivity contribution in [2.75, 3.05) is 0 Å². The van der Waals surface area contributed by atoms with Gasteiger partial charge in [-0.05, 0) is 24.7 Å². The summed E-state index contributed by atoms with van der Waals surface area (Å²) in [5.41, 5.74) is 6.32. The van der Waals surface area contributed by atoms with Gasteiger partial charge in [0.15, 0.2) is 0 Å². The summed E-state index contributed by atoms with van der Waals surface area (Å²) in [5, 5.41) is 0. The molecule has 0 aromatic rings. The van der Waals surface area contributed by atoms with Gasteiger partial charge >= 0.3 is 0 Å². The Kier molecular flexibility index (Phi) is 0.963. The summed E-state index contributed by atoms with van der Waals surface area (Å²) in [7, 11) is 0. The fraction of sp³-hybridized carbons (Fsp3) is 1.00. The van der Waals surface area contributed by atoms with Crippen LogP contribution in [0.25, 0.3) is 0 Å². The molecule has 0 bridgehead atoms. The zero-order valence-electron chi connectivity index (χ0n) is 6.06. The normalized spacial score (nSPS) is 49.3. The van der Waals surface area contributed by atoms with Gasteiger partial charge < -0.3 is 5.73 Å². The first-order chi connectivity index (χ1) is 4.21. The minimum atomic E-state index is 0.293. The van der Waals surface area contributed by atoms with Gasteiger partial charge in [0.1, 0.15) is 0 Å². The van der Waals surface area contributed by atoms with Crippen molar-refractivity contribution >= 4 is 0 Å². The van der Waals surface area contributed by atoms with Crippen molar-refractivity contribution in [1.29, 1.82) is 0 Å². The van der Waals surface area contributed by atoms with Gasteiger partial charge in [-0.2, -0.15) is 0 Å². The predicted molar refractivity (Wildman–Crippen MR) is 38.0 cm³/mol. The van der Waals surface area contributed by atoms with Gasteiger partial charge in [-0.15, -0.1) is 0 Å². The van der Waals surface area contributed by atoms with E-state index in [1.165, 1.54) is 25.7 Å². The lowest BCUT2D eigenvalue weighted by atomic mass is 10.1. The van der Waals surface area contributed by atoms with Gasteiger partial charge in [0.25, 0.3) is 0 Å². The van der Waals surface area contributed by atoms with Crippen LogP contribution >= 0.6 is 0 Å². The molecule has 0 radical (unpaired) electrons. The van der Waals surface area contributed by atoms with Crippen molar-refractivity contribution in [2.24, 2.45) is 17.6 Å². The van der Waals surface area contributed by atoms with E-state index in [9.17, 15) is 0 Å². The third-order valence-corrected chi connectivity index (χ3v) is 2.87. The summed E-state index contributed by atoms with van der Waals surface area (Å²) < 4.78 is 0. The molecule has 2 aliphatic carbocycles. The Morgan fingerprint density at radius 3 is 2.44 bits per heavy atom. The Hall–Kier alpha value is -0.0400. The third kappa shape index (κ3) is 0.983. The van der Waals surface area contributed by atoms with Gasteiger partial charge in [-0.1, -0.05) is 19.8 Å². The minimum absolute atomic E-state index is 0.293. The highest BCUT2D eigenvalue weighted by molar-refractivity contribution is 5.07. The lowest BCUT2D eigenvalue weighted by Gasteiger charge is -2.06. The maximum absolute atomic E-state index is 6.03. The maximum Gasteiger partial charge on any atom is 0.0186 e. The van der Waals surface area contributed by atoms with Crippen molar-refractivity contribution in [3.05, 3.63) is 0 Å². The molecule has 2 saturated carbocycles. The van der Waals surface area contributed by atoms with Crippen molar-refractivity contribution in [3.63, 3.8) is 0 Å². The fourth-order valence-corrected chi connectivity index (χ4v) is 1.66. The van der Waals surface area contributed by atoms with E-state index in [-0.39, 0.29) is 0 Å². The zero-order chi connectivity index (χ0) is 6.48. The van der Waals surface area contributed by atoms with Crippen LogP contribution in [0.2, 0.25) is 0 Å². The standard InChI is InChI=1S/C8H15N/c1-6-4-8(6,9)5-7-2-3-7/h6-7H,2-5,9H2,1H3/t6?,8-/m0/s1. The molecule has 0 aromatic heterocycles. The van der Waals surface area contributed by atoms with E-state index < -0.39 is 0 Å². The number of nitrogens with two attached hydrogens (primary N) is 1. The molecule has 0 heterocycles. The van der Waals surface area contributed by atoms with E-state index in [4.69, 9.17) is 5.73 Å². The van der Waals surface area contributed by atoms with Gasteiger partial charge in [-0.3, -0.25) is 0 Å². The SMILES string of the molecule is CC1C[C@]1(N)CC1CC1. The van der Waals surface area contributed by atoms with Crippen LogP contribution in [0.1, 0.15) is 32.6 Å². The lowest BCUT2D eigenvalue weighted by molar-refractivity contribution is 0.525. The van der Waals surface area contributed by atoms with E-state index in [1.807, 2.05) is 0 Å². The molecule has 0 spiro atoms. The van der Waals surface area contributed by atoms with E-state index in [1.54, 1.807) is 0 Å². The lowest BCUT2D eigenvalue weighted by Crippen LogP contribution is -2.24. The zero-order valence-corrected chi connectivity index (χ0v) is 6.06. The Bertz CT molecular complexity index is 129. The van der Waals surface area contributed by atoms with E-state index in [0.717, 1.165) is 11.8 Å². The number of hydrogen-bond donors (Lipinski definition) is 1. The smallest absolute Gasteiger partial charge is 0.0186 e. The Labute approximate surface area is 56.6 Å². The maximum atomic E-state index is 6.03. The van der Waals surface area contributed by atoms with Crippen LogP contribution in [0.4, 0.5) is 0 Å². The molecule has 0 amide bonds. The molecule has 2 rings (SSSR count). The van der Waals surface area contributed by atoms with Crippen LogP contribution in [-0.2, 0) is 0 Å². The molecule has 2 atom stereocenters. The molecule has 1 nitrogen and oxygen atoms in total. The second-order valence-corrected chi connectivity index (χ2v) is 3.99. The number of rotatable bonds is 2. The van der Waals surface area contributed by atoms with Crippen molar-refractivity contribution in [1.82, 2.24) is 0 Å². The summed E-state index contributed by atoms with van der Waals surface area (Å²) in [5.74, 6) is 1.83. The van der Waals surface area contributed by atoms with E-state index in [0.29, 0.717) is 5.54 Å². The first-order valence-electron chi connectivity index (χ1n) is 3.99. The molecular weight excluding hydrogens is 110 g/mol. The largest absolute Gasteiger partial charge is 0.325 e.